The predicted octanol–water partition coefficient (Wildman–Crippen LogP) is 6.00. The lowest BCUT2D eigenvalue weighted by Gasteiger charge is -2.36. The highest BCUT2D eigenvalue weighted by Gasteiger charge is 2.42. The van der Waals surface area contributed by atoms with E-state index in [9.17, 15) is 0 Å². The van der Waals surface area contributed by atoms with Crippen LogP contribution < -0.4 is 5.32 Å². The molecule has 1 N–H and O–H groups in total. The highest BCUT2D eigenvalue weighted by atomic mass is 16.5. The standard InChI is InChI=1S/C25H48N2O/c1-9-10-20(6)28-24-12-11-23-22(15-25(24,7)8)21(16-26-23)13-14-27(19(4)5)17-18(2)3/h16,18-20,22-24,26H,9-15,17H2,1-8H3/t20-,22?,23?,24?/m1/s1. The van der Waals surface area contributed by atoms with Crippen LogP contribution in [0.2, 0.25) is 0 Å². The van der Waals surface area contributed by atoms with Crippen molar-refractivity contribution in [2.24, 2.45) is 17.3 Å². The molecule has 3 heteroatoms. The molecule has 0 spiro atoms. The van der Waals surface area contributed by atoms with Crippen molar-refractivity contribution in [3.8, 4) is 0 Å². The second-order valence-corrected chi connectivity index (χ2v) is 10.8. The molecule has 1 saturated carbocycles. The van der Waals surface area contributed by atoms with E-state index in [1.807, 2.05) is 0 Å². The summed E-state index contributed by atoms with van der Waals surface area (Å²) in [4.78, 5) is 2.65. The van der Waals surface area contributed by atoms with Crippen LogP contribution in [0.4, 0.5) is 0 Å². The first-order valence-corrected chi connectivity index (χ1v) is 12.0. The van der Waals surface area contributed by atoms with E-state index in [2.05, 4.69) is 71.8 Å². The van der Waals surface area contributed by atoms with Crippen LogP contribution in [-0.2, 0) is 4.74 Å². The Kier molecular flexibility index (Phi) is 8.88. The van der Waals surface area contributed by atoms with Gasteiger partial charge in [-0.2, -0.15) is 0 Å². The summed E-state index contributed by atoms with van der Waals surface area (Å²) in [6.45, 7) is 21.1. The van der Waals surface area contributed by atoms with Crippen LogP contribution in [0.15, 0.2) is 11.8 Å². The fraction of sp³-hybridized carbons (Fsp3) is 0.920. The van der Waals surface area contributed by atoms with Gasteiger partial charge in [0.25, 0.3) is 0 Å². The number of ether oxygens (including phenoxy) is 1. The van der Waals surface area contributed by atoms with E-state index < -0.39 is 0 Å². The number of fused-ring (bicyclic) bond motifs is 1. The molecule has 1 aliphatic heterocycles. The van der Waals surface area contributed by atoms with Gasteiger partial charge in [0.2, 0.25) is 0 Å². The minimum Gasteiger partial charge on any atom is -0.388 e. The summed E-state index contributed by atoms with van der Waals surface area (Å²) in [6.07, 6.45) is 10.4. The van der Waals surface area contributed by atoms with Crippen molar-refractivity contribution >= 4 is 0 Å². The normalized spacial score (nSPS) is 28.2. The summed E-state index contributed by atoms with van der Waals surface area (Å²) in [6, 6.07) is 1.23. The van der Waals surface area contributed by atoms with E-state index in [4.69, 9.17) is 4.74 Å². The Morgan fingerprint density at radius 1 is 1.18 bits per heavy atom. The number of rotatable bonds is 10. The summed E-state index contributed by atoms with van der Waals surface area (Å²) in [5.74, 6) is 1.41. The summed E-state index contributed by atoms with van der Waals surface area (Å²) in [5, 5.41) is 3.74. The van der Waals surface area contributed by atoms with Crippen molar-refractivity contribution in [3.63, 3.8) is 0 Å². The lowest BCUT2D eigenvalue weighted by molar-refractivity contribution is -0.0724. The van der Waals surface area contributed by atoms with E-state index in [1.54, 1.807) is 5.57 Å². The minimum atomic E-state index is 0.238. The molecule has 0 aromatic carbocycles. The van der Waals surface area contributed by atoms with Crippen LogP contribution in [0, 0.1) is 17.3 Å². The maximum atomic E-state index is 6.55. The maximum Gasteiger partial charge on any atom is 0.0630 e. The molecule has 0 saturated heterocycles. The van der Waals surface area contributed by atoms with E-state index in [1.165, 1.54) is 51.6 Å². The number of hydrogen-bond acceptors (Lipinski definition) is 3. The molecule has 28 heavy (non-hydrogen) atoms. The van der Waals surface area contributed by atoms with Crippen molar-refractivity contribution in [2.45, 2.75) is 118 Å². The van der Waals surface area contributed by atoms with E-state index in [-0.39, 0.29) is 5.41 Å². The minimum absolute atomic E-state index is 0.238. The Labute approximate surface area is 175 Å². The van der Waals surface area contributed by atoms with Crippen LogP contribution in [0.1, 0.15) is 93.9 Å². The molecule has 0 radical (unpaired) electrons. The van der Waals surface area contributed by atoms with Crippen LogP contribution in [0.25, 0.3) is 0 Å². The second kappa shape index (κ2) is 10.5. The Morgan fingerprint density at radius 3 is 2.50 bits per heavy atom. The molecule has 0 aromatic heterocycles. The van der Waals surface area contributed by atoms with Gasteiger partial charge in [-0.15, -0.1) is 0 Å². The SMILES string of the molecule is CCC[C@@H](C)OC1CCC2NC=C(CCN(CC(C)C)C(C)C)C2CC1(C)C. The zero-order valence-corrected chi connectivity index (χ0v) is 20.1. The van der Waals surface area contributed by atoms with Gasteiger partial charge < -0.3 is 15.0 Å². The van der Waals surface area contributed by atoms with Crippen LogP contribution in [0.3, 0.4) is 0 Å². The molecule has 3 unspecified atom stereocenters. The molecular weight excluding hydrogens is 344 g/mol. The molecule has 2 rings (SSSR count). The zero-order valence-electron chi connectivity index (χ0n) is 20.1. The van der Waals surface area contributed by atoms with Crippen molar-refractivity contribution < 1.29 is 4.74 Å². The summed E-state index contributed by atoms with van der Waals surface area (Å²) in [7, 11) is 0. The van der Waals surface area contributed by atoms with Gasteiger partial charge in [0.1, 0.15) is 0 Å². The van der Waals surface area contributed by atoms with E-state index >= 15 is 0 Å². The fourth-order valence-corrected chi connectivity index (χ4v) is 5.24. The van der Waals surface area contributed by atoms with Crippen LogP contribution in [-0.4, -0.2) is 42.3 Å². The predicted molar refractivity (Wildman–Crippen MR) is 122 cm³/mol. The molecular formula is C25H48N2O. The van der Waals surface area contributed by atoms with Crippen molar-refractivity contribution in [1.29, 1.82) is 0 Å². The molecule has 0 bridgehead atoms. The summed E-state index contributed by atoms with van der Waals surface area (Å²) in [5.41, 5.74) is 1.89. The quantitative estimate of drug-likeness (QED) is 0.493. The molecule has 1 heterocycles. The van der Waals surface area contributed by atoms with Crippen LogP contribution in [0.5, 0.6) is 0 Å². The highest BCUT2D eigenvalue weighted by molar-refractivity contribution is 5.18. The average molecular weight is 393 g/mol. The Balaban J connectivity index is 1.99. The van der Waals surface area contributed by atoms with Gasteiger partial charge in [0, 0.05) is 31.1 Å². The largest absolute Gasteiger partial charge is 0.388 e. The first kappa shape index (κ1) is 23.7. The molecule has 0 amide bonds. The molecule has 0 aromatic rings. The molecule has 3 nitrogen and oxygen atoms in total. The smallest absolute Gasteiger partial charge is 0.0630 e. The van der Waals surface area contributed by atoms with Gasteiger partial charge in [0.15, 0.2) is 0 Å². The topological polar surface area (TPSA) is 24.5 Å². The monoisotopic (exact) mass is 392 g/mol. The number of hydrogen-bond donors (Lipinski definition) is 1. The first-order chi connectivity index (χ1) is 13.1. The van der Waals surface area contributed by atoms with Crippen molar-refractivity contribution in [1.82, 2.24) is 10.2 Å². The van der Waals surface area contributed by atoms with Gasteiger partial charge in [0.05, 0.1) is 12.2 Å². The lowest BCUT2D eigenvalue weighted by atomic mass is 9.76. The van der Waals surface area contributed by atoms with Gasteiger partial charge in [-0.25, -0.2) is 0 Å². The van der Waals surface area contributed by atoms with Gasteiger partial charge >= 0.3 is 0 Å². The Bertz CT molecular complexity index is 497. The summed E-state index contributed by atoms with van der Waals surface area (Å²) >= 11 is 0. The zero-order chi connectivity index (χ0) is 20.9. The number of nitrogens with one attached hydrogen (secondary N) is 1. The van der Waals surface area contributed by atoms with Crippen molar-refractivity contribution in [2.75, 3.05) is 13.1 Å². The average Bonchev–Trinajstić information content (AvgIpc) is 2.90. The molecule has 1 fully saturated rings. The van der Waals surface area contributed by atoms with E-state index in [0.29, 0.717) is 30.2 Å². The number of nitrogens with zero attached hydrogens (tertiary/aromatic N) is 1. The third-order valence-corrected chi connectivity index (χ3v) is 6.91. The van der Waals surface area contributed by atoms with Gasteiger partial charge in [-0.05, 0) is 76.0 Å². The molecule has 164 valence electrons. The van der Waals surface area contributed by atoms with Gasteiger partial charge in [-0.1, -0.05) is 41.0 Å². The third-order valence-electron chi connectivity index (χ3n) is 6.91. The first-order valence-electron chi connectivity index (χ1n) is 12.0. The van der Waals surface area contributed by atoms with E-state index in [0.717, 1.165) is 5.92 Å². The van der Waals surface area contributed by atoms with Crippen molar-refractivity contribution in [3.05, 3.63) is 11.8 Å². The Hall–Kier alpha value is -0.540. The highest BCUT2D eigenvalue weighted by Crippen LogP contribution is 2.44. The second-order valence-electron chi connectivity index (χ2n) is 10.8. The molecule has 4 atom stereocenters. The lowest BCUT2D eigenvalue weighted by Crippen LogP contribution is -2.36. The summed E-state index contributed by atoms with van der Waals surface area (Å²) < 4.78 is 6.55. The molecule has 1 aliphatic carbocycles. The molecule has 2 aliphatic rings. The Morgan fingerprint density at radius 2 is 1.89 bits per heavy atom. The van der Waals surface area contributed by atoms with Gasteiger partial charge in [-0.3, -0.25) is 0 Å². The maximum absolute atomic E-state index is 6.55. The fourth-order valence-electron chi connectivity index (χ4n) is 5.24. The third kappa shape index (κ3) is 6.49. The van der Waals surface area contributed by atoms with Crippen LogP contribution >= 0.6 is 0 Å².